The minimum absolute atomic E-state index is 0.106. The molecule has 0 amide bonds. The Hall–Kier alpha value is -2.97. The van der Waals surface area contributed by atoms with Gasteiger partial charge in [0, 0.05) is 16.4 Å². The van der Waals surface area contributed by atoms with Crippen molar-refractivity contribution in [1.29, 1.82) is 0 Å². The molecule has 2 aliphatic heterocycles. The highest BCUT2D eigenvalue weighted by Gasteiger charge is 2.36. The molecule has 0 aromatic heterocycles. The molecule has 7 nitrogen and oxygen atoms in total. The number of halogens is 1. The number of esters is 1. The van der Waals surface area contributed by atoms with Crippen LogP contribution < -0.4 is 24.4 Å². The Morgan fingerprint density at radius 2 is 1.97 bits per heavy atom. The highest BCUT2D eigenvalue weighted by Crippen LogP contribution is 2.45. The smallest absolute Gasteiger partial charge is 0.337 e. The van der Waals surface area contributed by atoms with E-state index in [0.29, 0.717) is 38.7 Å². The number of ether oxygens (including phenoxy) is 4. The van der Waals surface area contributed by atoms with Crippen LogP contribution in [-0.4, -0.2) is 32.1 Å². The maximum atomic E-state index is 12.8. The first-order valence-electron chi connectivity index (χ1n) is 9.07. The zero-order chi connectivity index (χ0) is 21.4. The molecule has 0 fully saturated rings. The second-order valence-corrected chi connectivity index (χ2v) is 7.47. The third-order valence-electron chi connectivity index (χ3n) is 4.99. The number of fused-ring (bicyclic) bond motifs is 1. The molecule has 30 heavy (non-hydrogen) atoms. The predicted molar refractivity (Wildman–Crippen MR) is 116 cm³/mol. The number of nitrogens with one attached hydrogen (secondary N) is 1. The van der Waals surface area contributed by atoms with Crippen LogP contribution in [0.25, 0.3) is 0 Å². The lowest BCUT2D eigenvalue weighted by Crippen LogP contribution is -2.48. The lowest BCUT2D eigenvalue weighted by atomic mass is 9.94. The molecule has 0 saturated heterocycles. The van der Waals surface area contributed by atoms with E-state index in [0.717, 1.165) is 11.3 Å². The maximum absolute atomic E-state index is 12.8. The number of benzene rings is 2. The number of carbonyl (C=O) groups excluding carboxylic acids is 1. The number of rotatable bonds is 4. The van der Waals surface area contributed by atoms with Gasteiger partial charge in [0.25, 0.3) is 0 Å². The summed E-state index contributed by atoms with van der Waals surface area (Å²) in [5.41, 5.74) is 2.57. The first-order chi connectivity index (χ1) is 14.4. The van der Waals surface area contributed by atoms with Gasteiger partial charge < -0.3 is 24.3 Å². The molecule has 0 saturated carbocycles. The number of nitrogens with zero attached hydrogens (tertiary/aromatic N) is 1. The van der Waals surface area contributed by atoms with Crippen LogP contribution in [0.5, 0.6) is 17.2 Å². The molecule has 2 aromatic rings. The molecular formula is C21H19ClN2O5S. The molecule has 0 bridgehead atoms. The van der Waals surface area contributed by atoms with Crippen molar-refractivity contribution < 1.29 is 23.7 Å². The Kier molecular flexibility index (Phi) is 5.44. The van der Waals surface area contributed by atoms with Gasteiger partial charge >= 0.3 is 5.97 Å². The quantitative estimate of drug-likeness (QED) is 0.559. The Labute approximate surface area is 184 Å². The Bertz CT molecular complexity index is 1050. The molecule has 0 unspecified atom stereocenters. The van der Waals surface area contributed by atoms with Crippen LogP contribution in [0.4, 0.5) is 5.69 Å². The van der Waals surface area contributed by atoms with E-state index < -0.39 is 12.0 Å². The predicted octanol–water partition coefficient (Wildman–Crippen LogP) is 3.96. The minimum atomic E-state index is -0.558. The van der Waals surface area contributed by atoms with E-state index in [9.17, 15) is 4.79 Å². The fourth-order valence-electron chi connectivity index (χ4n) is 3.58. The Balaban J connectivity index is 1.84. The van der Waals surface area contributed by atoms with Gasteiger partial charge in [0.05, 0.1) is 25.8 Å². The summed E-state index contributed by atoms with van der Waals surface area (Å²) in [6.45, 7) is 1.93. The van der Waals surface area contributed by atoms with Crippen LogP contribution in [0.3, 0.4) is 0 Å². The van der Waals surface area contributed by atoms with Gasteiger partial charge in [-0.2, -0.15) is 0 Å². The van der Waals surface area contributed by atoms with E-state index in [1.165, 1.54) is 7.11 Å². The largest absolute Gasteiger partial charge is 0.493 e. The second-order valence-electron chi connectivity index (χ2n) is 6.64. The molecule has 0 aliphatic carbocycles. The lowest BCUT2D eigenvalue weighted by molar-refractivity contribution is -0.136. The van der Waals surface area contributed by atoms with Gasteiger partial charge in [-0.25, -0.2) is 4.79 Å². The lowest BCUT2D eigenvalue weighted by Gasteiger charge is -2.37. The van der Waals surface area contributed by atoms with Crippen molar-refractivity contribution >= 4 is 40.6 Å². The molecule has 2 heterocycles. The van der Waals surface area contributed by atoms with Crippen molar-refractivity contribution in [2.24, 2.45) is 0 Å². The SMILES string of the molecule is COC(=O)C1=C(C)N(c2ccc(Cl)cc2)C(=S)N[C@H]1c1cc(OC)c2c(c1)OCO2. The van der Waals surface area contributed by atoms with Gasteiger partial charge in [-0.05, 0) is 61.1 Å². The standard InChI is InChI=1S/C21H19ClN2O5S/c1-11-17(20(25)27-3)18(12-8-15(26-2)19-16(9-12)28-10-29-19)23-21(30)24(11)14-6-4-13(22)5-7-14/h4-9,18H,10H2,1-3H3,(H,23,30)/t18-/m0/s1. The molecule has 2 aliphatic rings. The maximum Gasteiger partial charge on any atom is 0.337 e. The first-order valence-corrected chi connectivity index (χ1v) is 9.86. The molecule has 1 atom stereocenters. The first kappa shape index (κ1) is 20.3. The number of anilines is 1. The average molecular weight is 447 g/mol. The second kappa shape index (κ2) is 8.04. The van der Waals surface area contributed by atoms with Crippen LogP contribution >= 0.6 is 23.8 Å². The van der Waals surface area contributed by atoms with Crippen molar-refractivity contribution in [3.8, 4) is 17.2 Å². The van der Waals surface area contributed by atoms with Crippen LogP contribution in [0.1, 0.15) is 18.5 Å². The van der Waals surface area contributed by atoms with Crippen LogP contribution in [-0.2, 0) is 9.53 Å². The van der Waals surface area contributed by atoms with Crippen molar-refractivity contribution in [3.05, 3.63) is 58.3 Å². The van der Waals surface area contributed by atoms with Gasteiger partial charge in [-0.1, -0.05) is 11.6 Å². The molecular weight excluding hydrogens is 428 g/mol. The van der Waals surface area contributed by atoms with E-state index >= 15 is 0 Å². The fraction of sp³-hybridized carbons (Fsp3) is 0.238. The van der Waals surface area contributed by atoms with Crippen molar-refractivity contribution in [2.75, 3.05) is 25.9 Å². The summed E-state index contributed by atoms with van der Waals surface area (Å²) in [7, 11) is 2.89. The highest BCUT2D eigenvalue weighted by atomic mass is 35.5. The summed E-state index contributed by atoms with van der Waals surface area (Å²) in [5, 5.41) is 4.29. The summed E-state index contributed by atoms with van der Waals surface area (Å²) in [4.78, 5) is 14.6. The molecule has 1 N–H and O–H groups in total. The van der Waals surface area contributed by atoms with E-state index in [1.807, 2.05) is 19.1 Å². The van der Waals surface area contributed by atoms with Gasteiger partial charge in [0.2, 0.25) is 12.5 Å². The molecule has 0 radical (unpaired) electrons. The van der Waals surface area contributed by atoms with Gasteiger partial charge in [-0.3, -0.25) is 4.90 Å². The van der Waals surface area contributed by atoms with Crippen LogP contribution in [0.2, 0.25) is 5.02 Å². The number of hydrogen-bond donors (Lipinski definition) is 1. The third-order valence-corrected chi connectivity index (χ3v) is 5.54. The zero-order valence-electron chi connectivity index (χ0n) is 16.5. The van der Waals surface area contributed by atoms with Gasteiger partial charge in [0.1, 0.15) is 0 Å². The summed E-state index contributed by atoms with van der Waals surface area (Å²) in [5.74, 6) is 1.11. The van der Waals surface area contributed by atoms with Crippen molar-refractivity contribution in [2.45, 2.75) is 13.0 Å². The topological polar surface area (TPSA) is 69.3 Å². The van der Waals surface area contributed by atoms with Gasteiger partial charge in [-0.15, -0.1) is 0 Å². The summed E-state index contributed by atoms with van der Waals surface area (Å²) >= 11 is 11.7. The number of carbonyl (C=O) groups is 1. The van der Waals surface area contributed by atoms with Crippen molar-refractivity contribution in [3.63, 3.8) is 0 Å². The van der Waals surface area contributed by atoms with Crippen molar-refractivity contribution in [1.82, 2.24) is 5.32 Å². The molecule has 9 heteroatoms. The Morgan fingerprint density at radius 1 is 1.23 bits per heavy atom. The number of thiocarbonyl (C=S) groups is 1. The molecule has 4 rings (SSSR count). The number of methoxy groups -OCH3 is 2. The number of allylic oxidation sites excluding steroid dienone is 1. The Morgan fingerprint density at radius 3 is 2.63 bits per heavy atom. The minimum Gasteiger partial charge on any atom is -0.493 e. The summed E-state index contributed by atoms with van der Waals surface area (Å²) in [6.07, 6.45) is 0. The highest BCUT2D eigenvalue weighted by molar-refractivity contribution is 7.80. The normalized spacial score (nSPS) is 17.7. The van der Waals surface area contributed by atoms with E-state index in [-0.39, 0.29) is 6.79 Å². The molecule has 0 spiro atoms. The summed E-state index contributed by atoms with van der Waals surface area (Å²) in [6, 6.07) is 10.2. The summed E-state index contributed by atoms with van der Waals surface area (Å²) < 4.78 is 21.5. The van der Waals surface area contributed by atoms with E-state index in [4.69, 9.17) is 42.8 Å². The zero-order valence-corrected chi connectivity index (χ0v) is 18.1. The monoisotopic (exact) mass is 446 g/mol. The fourth-order valence-corrected chi connectivity index (χ4v) is 4.07. The van der Waals surface area contributed by atoms with E-state index in [2.05, 4.69) is 5.32 Å². The molecule has 2 aromatic carbocycles. The number of hydrogen-bond acceptors (Lipinski definition) is 6. The van der Waals surface area contributed by atoms with Crippen LogP contribution in [0, 0.1) is 0 Å². The average Bonchev–Trinajstić information content (AvgIpc) is 3.22. The van der Waals surface area contributed by atoms with E-state index in [1.54, 1.807) is 36.3 Å². The third kappa shape index (κ3) is 3.42. The van der Waals surface area contributed by atoms with Gasteiger partial charge in [0.15, 0.2) is 16.6 Å². The molecule has 156 valence electrons. The van der Waals surface area contributed by atoms with Crippen LogP contribution in [0.15, 0.2) is 47.7 Å².